The minimum Gasteiger partial charge on any atom is -0.461 e. The number of carbonyl (C=O) groups is 2. The highest BCUT2D eigenvalue weighted by atomic mass is 16.6. The van der Waals surface area contributed by atoms with E-state index in [0.29, 0.717) is 44.2 Å². The molecule has 1 saturated heterocycles. The Morgan fingerprint density at radius 2 is 1.66 bits per heavy atom. The standard InChI is InChI=1S/C20H24N4O5/c1-3-28-19(26)18-16(22-10-12-23(13-11-22)20(27)29-4-2)14-17(25)24(21-18)15-8-6-5-7-9-15/h5-9,14H,3-4,10-13H2,1-2H3. The summed E-state index contributed by atoms with van der Waals surface area (Å²) in [6.07, 6.45) is -0.365. The molecule has 154 valence electrons. The van der Waals surface area contributed by atoms with Crippen LogP contribution in [0.2, 0.25) is 0 Å². The third-order valence-electron chi connectivity index (χ3n) is 4.53. The highest BCUT2D eigenvalue weighted by Crippen LogP contribution is 2.21. The van der Waals surface area contributed by atoms with Crippen LogP contribution in [0.3, 0.4) is 0 Å². The Morgan fingerprint density at radius 3 is 2.28 bits per heavy atom. The predicted molar refractivity (Wildman–Crippen MR) is 107 cm³/mol. The van der Waals surface area contributed by atoms with Gasteiger partial charge in [0.2, 0.25) is 0 Å². The molecule has 9 nitrogen and oxygen atoms in total. The third-order valence-corrected chi connectivity index (χ3v) is 4.53. The summed E-state index contributed by atoms with van der Waals surface area (Å²) in [5.41, 5.74) is 0.679. The van der Waals surface area contributed by atoms with E-state index in [0.717, 1.165) is 0 Å². The first-order valence-corrected chi connectivity index (χ1v) is 9.58. The van der Waals surface area contributed by atoms with Gasteiger partial charge in [-0.05, 0) is 26.0 Å². The van der Waals surface area contributed by atoms with E-state index >= 15 is 0 Å². The molecule has 0 N–H and O–H groups in total. The van der Waals surface area contributed by atoms with E-state index in [2.05, 4.69) is 5.10 Å². The first-order chi connectivity index (χ1) is 14.0. The molecule has 1 amide bonds. The Morgan fingerprint density at radius 1 is 1.00 bits per heavy atom. The van der Waals surface area contributed by atoms with Crippen molar-refractivity contribution in [2.75, 3.05) is 44.3 Å². The molecule has 1 fully saturated rings. The van der Waals surface area contributed by atoms with E-state index in [1.54, 1.807) is 43.0 Å². The number of rotatable bonds is 5. The Balaban J connectivity index is 1.92. The molecule has 0 saturated carbocycles. The Kier molecular flexibility index (Phi) is 6.48. The lowest BCUT2D eigenvalue weighted by molar-refractivity contribution is 0.0517. The summed E-state index contributed by atoms with van der Waals surface area (Å²) in [6.45, 7) is 5.71. The minimum atomic E-state index is -0.597. The second-order valence-corrected chi connectivity index (χ2v) is 6.36. The lowest BCUT2D eigenvalue weighted by Crippen LogP contribution is -2.49. The van der Waals surface area contributed by atoms with Gasteiger partial charge in [-0.25, -0.2) is 9.59 Å². The molecule has 0 aliphatic carbocycles. The number of ether oxygens (including phenoxy) is 2. The normalized spacial score (nSPS) is 13.9. The summed E-state index contributed by atoms with van der Waals surface area (Å²) in [4.78, 5) is 40.6. The van der Waals surface area contributed by atoms with Gasteiger partial charge in [0.05, 0.1) is 24.6 Å². The van der Waals surface area contributed by atoms with Crippen molar-refractivity contribution in [3.8, 4) is 5.69 Å². The second-order valence-electron chi connectivity index (χ2n) is 6.36. The molecule has 0 bridgehead atoms. The summed E-state index contributed by atoms with van der Waals surface area (Å²) in [7, 11) is 0. The molecule has 2 heterocycles. The van der Waals surface area contributed by atoms with E-state index < -0.39 is 5.97 Å². The molecule has 3 rings (SSSR count). The number of para-hydroxylation sites is 1. The topological polar surface area (TPSA) is 94.0 Å². The van der Waals surface area contributed by atoms with Gasteiger partial charge in [-0.2, -0.15) is 9.78 Å². The molecule has 1 aromatic heterocycles. The average molecular weight is 400 g/mol. The van der Waals surface area contributed by atoms with Crippen LogP contribution in [0.4, 0.5) is 10.5 Å². The summed E-state index contributed by atoms with van der Waals surface area (Å²) in [6, 6.07) is 10.3. The summed E-state index contributed by atoms with van der Waals surface area (Å²) in [5.74, 6) is -0.597. The molecule has 2 aromatic rings. The Hall–Kier alpha value is -3.36. The first-order valence-electron chi connectivity index (χ1n) is 9.58. The van der Waals surface area contributed by atoms with E-state index in [-0.39, 0.29) is 24.0 Å². The number of hydrogen-bond acceptors (Lipinski definition) is 7. The smallest absolute Gasteiger partial charge is 0.409 e. The van der Waals surface area contributed by atoms with Crippen molar-refractivity contribution in [2.24, 2.45) is 0 Å². The fraction of sp³-hybridized carbons (Fsp3) is 0.400. The molecule has 1 aliphatic heterocycles. The zero-order valence-electron chi connectivity index (χ0n) is 16.5. The van der Waals surface area contributed by atoms with Crippen LogP contribution in [0, 0.1) is 0 Å². The van der Waals surface area contributed by atoms with Crippen molar-refractivity contribution < 1.29 is 19.1 Å². The largest absolute Gasteiger partial charge is 0.461 e. The van der Waals surface area contributed by atoms with Gasteiger partial charge in [-0.1, -0.05) is 18.2 Å². The second kappa shape index (κ2) is 9.22. The Labute approximate surface area is 168 Å². The molecule has 29 heavy (non-hydrogen) atoms. The van der Waals surface area contributed by atoms with Crippen molar-refractivity contribution in [1.29, 1.82) is 0 Å². The molecule has 0 unspecified atom stereocenters. The van der Waals surface area contributed by atoms with Gasteiger partial charge < -0.3 is 19.3 Å². The number of aromatic nitrogens is 2. The highest BCUT2D eigenvalue weighted by Gasteiger charge is 2.27. The first kappa shape index (κ1) is 20.4. The van der Waals surface area contributed by atoms with E-state index in [1.165, 1.54) is 10.7 Å². The zero-order valence-corrected chi connectivity index (χ0v) is 16.5. The molecule has 9 heteroatoms. The number of anilines is 1. The molecular formula is C20H24N4O5. The Bertz CT molecular complexity index is 920. The van der Waals surface area contributed by atoms with Crippen LogP contribution in [0.25, 0.3) is 5.69 Å². The highest BCUT2D eigenvalue weighted by molar-refractivity contribution is 5.93. The molecule has 0 radical (unpaired) electrons. The zero-order chi connectivity index (χ0) is 20.8. The van der Waals surface area contributed by atoms with Gasteiger partial charge >= 0.3 is 12.1 Å². The number of piperazine rings is 1. The van der Waals surface area contributed by atoms with Crippen LogP contribution in [-0.2, 0) is 9.47 Å². The van der Waals surface area contributed by atoms with E-state index in [9.17, 15) is 14.4 Å². The van der Waals surface area contributed by atoms with Crippen molar-refractivity contribution in [3.05, 3.63) is 52.4 Å². The number of hydrogen-bond donors (Lipinski definition) is 0. The number of amides is 1. The molecule has 0 spiro atoms. The van der Waals surface area contributed by atoms with Gasteiger partial charge in [0.15, 0.2) is 5.69 Å². The number of esters is 1. The minimum absolute atomic E-state index is 0.0693. The summed E-state index contributed by atoms with van der Waals surface area (Å²) < 4.78 is 11.4. The lowest BCUT2D eigenvalue weighted by Gasteiger charge is -2.35. The van der Waals surface area contributed by atoms with Crippen LogP contribution < -0.4 is 10.5 Å². The predicted octanol–water partition coefficient (Wildman–Crippen LogP) is 1.69. The van der Waals surface area contributed by atoms with Crippen LogP contribution in [0.5, 0.6) is 0 Å². The molecule has 0 atom stereocenters. The van der Waals surface area contributed by atoms with E-state index in [1.807, 2.05) is 11.0 Å². The fourth-order valence-corrected chi connectivity index (χ4v) is 3.13. The van der Waals surface area contributed by atoms with Gasteiger partial charge in [0, 0.05) is 32.2 Å². The SMILES string of the molecule is CCOC(=O)c1nn(-c2ccccc2)c(=O)cc1N1CCN(C(=O)OCC)CC1. The van der Waals surface area contributed by atoms with Gasteiger partial charge in [0.1, 0.15) is 0 Å². The average Bonchev–Trinajstić information content (AvgIpc) is 2.74. The fourth-order valence-electron chi connectivity index (χ4n) is 3.13. The van der Waals surface area contributed by atoms with Crippen LogP contribution >= 0.6 is 0 Å². The van der Waals surface area contributed by atoms with Crippen LogP contribution in [-0.4, -0.2) is 66.1 Å². The van der Waals surface area contributed by atoms with Crippen LogP contribution in [0.1, 0.15) is 24.3 Å². The van der Waals surface area contributed by atoms with Gasteiger partial charge in [-0.3, -0.25) is 4.79 Å². The van der Waals surface area contributed by atoms with Crippen molar-refractivity contribution in [1.82, 2.24) is 14.7 Å². The maximum absolute atomic E-state index is 12.7. The number of benzene rings is 1. The maximum Gasteiger partial charge on any atom is 0.409 e. The third kappa shape index (κ3) is 4.56. The van der Waals surface area contributed by atoms with Crippen molar-refractivity contribution in [2.45, 2.75) is 13.8 Å². The monoisotopic (exact) mass is 400 g/mol. The van der Waals surface area contributed by atoms with E-state index in [4.69, 9.17) is 9.47 Å². The van der Waals surface area contributed by atoms with Crippen LogP contribution in [0.15, 0.2) is 41.2 Å². The molecule has 1 aromatic carbocycles. The lowest BCUT2D eigenvalue weighted by atomic mass is 10.2. The number of carbonyl (C=O) groups excluding carboxylic acids is 2. The van der Waals surface area contributed by atoms with Crippen molar-refractivity contribution in [3.63, 3.8) is 0 Å². The molecule has 1 aliphatic rings. The molecular weight excluding hydrogens is 376 g/mol. The summed E-state index contributed by atoms with van der Waals surface area (Å²) in [5, 5.41) is 4.30. The maximum atomic E-state index is 12.7. The van der Waals surface area contributed by atoms with Gasteiger partial charge in [0.25, 0.3) is 5.56 Å². The summed E-state index contributed by atoms with van der Waals surface area (Å²) >= 11 is 0. The van der Waals surface area contributed by atoms with Gasteiger partial charge in [-0.15, -0.1) is 0 Å². The number of nitrogens with zero attached hydrogens (tertiary/aromatic N) is 4. The van der Waals surface area contributed by atoms with Crippen molar-refractivity contribution >= 4 is 17.7 Å². The quantitative estimate of drug-likeness (QED) is 0.705.